The maximum Gasteiger partial charge on any atom is 0.412 e. The number of methoxy groups -OCH3 is 1. The van der Waals surface area contributed by atoms with Crippen molar-refractivity contribution in [2.24, 2.45) is 0 Å². The number of pyridine rings is 1. The summed E-state index contributed by atoms with van der Waals surface area (Å²) >= 11 is 6.83. The Morgan fingerprint density at radius 1 is 0.747 bits per heavy atom. The third-order valence-corrected chi connectivity index (χ3v) is 17.0. The van der Waals surface area contributed by atoms with E-state index in [1.54, 1.807) is 70.9 Å². The van der Waals surface area contributed by atoms with Crippen LogP contribution >= 0.6 is 68.0 Å². The molecule has 408 valence electrons. The molecule has 0 aliphatic carbocycles. The SMILES string of the molecule is CNC(=O)C[C@@H]1NC(=O)c2csc(n2)-c2ccc(-c3nc(NC(=O)OCCCCC(=O)O)cs3)nc2-c2csc(n2)-c2csc(n2)[C@H]([C@@H](O)c2ccccc2)NC(=O)CNC(=O)c2nc(sc2COC)NC(=O)c2nc1sc2C. The molecule has 7 aromatic heterocycles. The summed E-state index contributed by atoms with van der Waals surface area (Å²) in [5.74, 6) is -3.90. The topological polar surface area (TPSA) is 341 Å². The van der Waals surface area contributed by atoms with Crippen LogP contribution in [0.1, 0.15) is 101 Å². The number of thiazole rings is 6. The summed E-state index contributed by atoms with van der Waals surface area (Å²) in [6.07, 6.45) is -1.62. The quantitative estimate of drug-likeness (QED) is 0.0527. The van der Waals surface area contributed by atoms with Gasteiger partial charge in [-0.25, -0.2) is 39.7 Å². The number of aliphatic hydroxyl groups excluding tert-OH is 1. The molecule has 1 aliphatic heterocycles. The number of unbranched alkanes of at least 4 members (excludes halogenated alkanes) is 1. The van der Waals surface area contributed by atoms with Gasteiger partial charge in [0.1, 0.15) is 77.2 Å². The lowest BCUT2D eigenvalue weighted by molar-refractivity contribution is -0.137. The van der Waals surface area contributed by atoms with Gasteiger partial charge in [-0.3, -0.25) is 39.4 Å². The van der Waals surface area contributed by atoms with Crippen molar-refractivity contribution in [3.8, 4) is 43.4 Å². The van der Waals surface area contributed by atoms with Crippen molar-refractivity contribution >= 4 is 121 Å². The Labute approximate surface area is 472 Å². The van der Waals surface area contributed by atoms with Crippen LogP contribution in [0.4, 0.5) is 15.7 Å². The molecule has 0 fully saturated rings. The smallest absolute Gasteiger partial charge is 0.412 e. The average Bonchev–Trinajstić information content (AvgIpc) is 4.46. The lowest BCUT2D eigenvalue weighted by Gasteiger charge is -2.23. The van der Waals surface area contributed by atoms with Gasteiger partial charge in [-0.2, -0.15) is 0 Å². The van der Waals surface area contributed by atoms with Gasteiger partial charge >= 0.3 is 12.1 Å². The Morgan fingerprint density at radius 3 is 2.28 bits per heavy atom. The third-order valence-electron chi connectivity index (χ3n) is 11.5. The van der Waals surface area contributed by atoms with Crippen molar-refractivity contribution < 1.29 is 53.2 Å². The number of rotatable bonds is 13. The number of aliphatic carboxylic acids is 1. The number of aromatic nitrogens is 7. The van der Waals surface area contributed by atoms with Gasteiger partial charge in [0.2, 0.25) is 11.8 Å². The fourth-order valence-corrected chi connectivity index (χ4v) is 12.8. The molecule has 0 radical (unpaired) electrons. The Bertz CT molecular complexity index is 3570. The van der Waals surface area contributed by atoms with Gasteiger partial charge in [0.05, 0.1) is 42.8 Å². The van der Waals surface area contributed by atoms with Gasteiger partial charge in [-0.05, 0) is 37.5 Å². The maximum atomic E-state index is 14.1. The first kappa shape index (κ1) is 55.9. The molecule has 6 amide bonds. The molecule has 0 saturated carbocycles. The molecule has 30 heteroatoms. The first-order valence-electron chi connectivity index (χ1n) is 23.7. The highest BCUT2D eigenvalue weighted by Gasteiger charge is 2.31. The number of aryl methyl sites for hydroxylation is 1. The molecule has 10 bridgehead atoms. The molecule has 3 atom stereocenters. The third kappa shape index (κ3) is 13.5. The second-order valence-corrected chi connectivity index (χ2v) is 22.8. The van der Waals surface area contributed by atoms with Crippen molar-refractivity contribution in [2.75, 3.05) is 37.9 Å². The van der Waals surface area contributed by atoms with E-state index < -0.39 is 66.3 Å². The van der Waals surface area contributed by atoms with E-state index in [1.165, 1.54) is 48.2 Å². The minimum Gasteiger partial charge on any atom is -0.481 e. The van der Waals surface area contributed by atoms with E-state index in [0.29, 0.717) is 76.5 Å². The van der Waals surface area contributed by atoms with Crippen LogP contribution in [0.25, 0.3) is 43.4 Å². The lowest BCUT2D eigenvalue weighted by Crippen LogP contribution is -2.40. The summed E-state index contributed by atoms with van der Waals surface area (Å²) in [6, 6.07) is 10.0. The molecule has 0 unspecified atom stereocenters. The number of aliphatic hydroxyl groups is 1. The Kier molecular flexibility index (Phi) is 17.9. The monoisotopic (exact) mass is 1180 g/mol. The number of nitrogens with one attached hydrogen (secondary N) is 6. The zero-order chi connectivity index (χ0) is 55.7. The van der Waals surface area contributed by atoms with Crippen molar-refractivity contribution in [2.45, 2.75) is 57.4 Å². The summed E-state index contributed by atoms with van der Waals surface area (Å²) in [5, 5.41) is 45.3. The summed E-state index contributed by atoms with van der Waals surface area (Å²) in [4.78, 5) is 126. The normalized spacial score (nSPS) is 15.3. The van der Waals surface area contributed by atoms with E-state index in [-0.39, 0.29) is 59.1 Å². The number of carboxylic acid groups (broad SMARTS) is 1. The van der Waals surface area contributed by atoms with E-state index >= 15 is 0 Å². The predicted octanol–water partition coefficient (Wildman–Crippen LogP) is 7.24. The summed E-state index contributed by atoms with van der Waals surface area (Å²) < 4.78 is 10.5. The average molecular weight is 1180 g/mol. The van der Waals surface area contributed by atoms with Crippen LogP contribution in [0.15, 0.2) is 64.0 Å². The number of benzene rings is 1. The fraction of sp³-hybridized carbons (Fsp3) is 0.265. The summed E-state index contributed by atoms with van der Waals surface area (Å²) in [5.41, 5.74) is 2.38. The molecule has 79 heavy (non-hydrogen) atoms. The van der Waals surface area contributed by atoms with Gasteiger partial charge < -0.3 is 41.0 Å². The van der Waals surface area contributed by atoms with E-state index in [4.69, 9.17) is 34.5 Å². The number of carboxylic acids is 1. The molecule has 24 nitrogen and oxygen atoms in total. The number of nitrogens with zero attached hydrogens (tertiary/aromatic N) is 7. The number of fused-ring (bicyclic) bond motifs is 14. The molecular weight excluding hydrogens is 1140 g/mol. The van der Waals surface area contributed by atoms with Crippen molar-refractivity contribution in [1.82, 2.24) is 56.2 Å². The molecule has 0 spiro atoms. The largest absolute Gasteiger partial charge is 0.481 e. The molecule has 1 aromatic carbocycles. The standard InChI is InChI=1S/C49H45N13O11S6/c1-22-35-42(70)62-48-61-37(30(79-48)17-72-3)41(69)51-16-33(64)59-38(39(67)23-9-5-4-6-10-23)47-56-29(20-76-47)45-54-27(18-75-45)36-24(43-55-28(19-74-43)40(68)53-26(15-32(63)50-2)46(60-35)78-22)12-13-25(52-36)44-57-31(21-77-44)58-49(71)73-14-8-7-11-34(65)66/h4-6,9-10,12-13,18-21,26,38-39,67H,7-8,11,14-17H2,1-3H3,(H,50,63)(H,51,69)(H,53,68)(H,58,71)(H,59,64)(H,65,66)(H,61,62,70)/t26-,38-,39-/m0/s1. The highest BCUT2D eigenvalue weighted by molar-refractivity contribution is 7.16. The zero-order valence-electron chi connectivity index (χ0n) is 41.7. The molecule has 8 N–H and O–H groups in total. The highest BCUT2D eigenvalue weighted by atomic mass is 32.1. The number of hydrogen-bond donors (Lipinski definition) is 8. The Morgan fingerprint density at radius 2 is 1.49 bits per heavy atom. The first-order valence-corrected chi connectivity index (χ1v) is 28.9. The zero-order valence-corrected chi connectivity index (χ0v) is 46.6. The number of carbonyl (C=O) groups excluding carboxylic acids is 6. The van der Waals surface area contributed by atoms with Crippen LogP contribution in [0.2, 0.25) is 0 Å². The van der Waals surface area contributed by atoms with Crippen LogP contribution in [0.5, 0.6) is 0 Å². The minimum absolute atomic E-state index is 0.00419. The van der Waals surface area contributed by atoms with Crippen molar-refractivity contribution in [3.05, 3.63) is 106 Å². The van der Waals surface area contributed by atoms with Crippen molar-refractivity contribution in [1.29, 1.82) is 0 Å². The molecule has 9 rings (SSSR count). The van der Waals surface area contributed by atoms with Gasteiger partial charge in [0.15, 0.2) is 5.13 Å². The van der Waals surface area contributed by atoms with E-state index in [2.05, 4.69) is 46.9 Å². The molecule has 1 aliphatic rings. The van der Waals surface area contributed by atoms with Gasteiger partial charge in [-0.15, -0.1) is 56.7 Å². The maximum absolute atomic E-state index is 14.1. The van der Waals surface area contributed by atoms with Crippen LogP contribution in [-0.4, -0.2) is 114 Å². The highest BCUT2D eigenvalue weighted by Crippen LogP contribution is 2.40. The van der Waals surface area contributed by atoms with Gasteiger partial charge in [-0.1, -0.05) is 41.7 Å². The molecular formula is C49H45N13O11S6. The number of anilines is 2. The lowest BCUT2D eigenvalue weighted by atomic mass is 10.0. The van der Waals surface area contributed by atoms with E-state index in [9.17, 15) is 38.7 Å². The van der Waals surface area contributed by atoms with Crippen molar-refractivity contribution in [3.63, 3.8) is 0 Å². The molecule has 8 aromatic rings. The van der Waals surface area contributed by atoms with E-state index in [0.717, 1.165) is 34.0 Å². The van der Waals surface area contributed by atoms with Crippen LogP contribution in [0.3, 0.4) is 0 Å². The minimum atomic E-state index is -1.29. The fourth-order valence-electron chi connectivity index (χ4n) is 7.66. The van der Waals surface area contributed by atoms with E-state index in [1.807, 2.05) is 0 Å². The first-order chi connectivity index (χ1) is 38.1. The van der Waals surface area contributed by atoms with Crippen LogP contribution < -0.4 is 31.9 Å². The summed E-state index contributed by atoms with van der Waals surface area (Å²) in [7, 11) is 2.87. The second kappa shape index (κ2) is 25.3. The number of amides is 6. The van der Waals surface area contributed by atoms with Crippen LogP contribution in [-0.2, 0) is 30.5 Å². The van der Waals surface area contributed by atoms with Gasteiger partial charge in [0, 0.05) is 52.5 Å². The van der Waals surface area contributed by atoms with Crippen LogP contribution in [0, 0.1) is 6.92 Å². The van der Waals surface area contributed by atoms with Gasteiger partial charge in [0.25, 0.3) is 17.7 Å². The molecule has 0 saturated heterocycles. The molecule has 8 heterocycles. The number of carbonyl (C=O) groups is 7. The summed E-state index contributed by atoms with van der Waals surface area (Å²) in [6.45, 7) is 1.08. The predicted molar refractivity (Wildman–Crippen MR) is 296 cm³/mol. The Hall–Kier alpha value is -7.84. The Balaban J connectivity index is 1.09. The number of hydrogen-bond acceptors (Lipinski definition) is 23. The number of ether oxygens (including phenoxy) is 2. The second-order valence-electron chi connectivity index (χ2n) is 17.0.